The summed E-state index contributed by atoms with van der Waals surface area (Å²) in [6.07, 6.45) is 2.05. The number of rotatable bonds is 7. The molecule has 160 valence electrons. The molecule has 0 radical (unpaired) electrons. The van der Waals surface area contributed by atoms with E-state index in [1.165, 1.54) is 0 Å². The quantitative estimate of drug-likeness (QED) is 0.660. The van der Waals surface area contributed by atoms with Gasteiger partial charge in [0, 0.05) is 29.6 Å². The van der Waals surface area contributed by atoms with Gasteiger partial charge in [-0.15, -0.1) is 0 Å². The van der Waals surface area contributed by atoms with Gasteiger partial charge < -0.3 is 14.7 Å². The number of benzene rings is 1. The van der Waals surface area contributed by atoms with Crippen molar-refractivity contribution in [2.24, 2.45) is 5.92 Å². The van der Waals surface area contributed by atoms with E-state index in [0.29, 0.717) is 11.6 Å². The van der Waals surface area contributed by atoms with Gasteiger partial charge in [0.1, 0.15) is 0 Å². The molecule has 5 nitrogen and oxygen atoms in total. The van der Waals surface area contributed by atoms with Crippen molar-refractivity contribution in [3.63, 3.8) is 0 Å². The third-order valence-electron chi connectivity index (χ3n) is 5.30. The maximum atomic E-state index is 12.8. The van der Waals surface area contributed by atoms with Crippen LogP contribution in [0, 0.1) is 5.92 Å². The Morgan fingerprint density at radius 3 is 2.52 bits per heavy atom. The smallest absolute Gasteiger partial charge is 0.305 e. The third kappa shape index (κ3) is 5.83. The van der Waals surface area contributed by atoms with Crippen LogP contribution in [-0.2, 0) is 26.3 Å². The van der Waals surface area contributed by atoms with Crippen LogP contribution in [0.3, 0.4) is 0 Å². The number of carbonyl (C=O) groups is 2. The highest BCUT2D eigenvalue weighted by molar-refractivity contribution is 6.31. The minimum absolute atomic E-state index is 0.0708. The van der Waals surface area contributed by atoms with E-state index in [0.717, 1.165) is 16.7 Å². The minimum atomic E-state index is -0.912. The SMILES string of the molecule is CC(C)C1=CN(CCC(=O)O)C(=O)C[C@@]1(C)c1ccc(COC(C)(C)C)c(Cl)c1. The Morgan fingerprint density at radius 2 is 2.00 bits per heavy atom. The molecule has 0 fully saturated rings. The Bertz CT molecular complexity index is 810. The van der Waals surface area contributed by atoms with Gasteiger partial charge in [-0.05, 0) is 49.5 Å². The number of halogens is 1. The summed E-state index contributed by atoms with van der Waals surface area (Å²) >= 11 is 6.56. The van der Waals surface area contributed by atoms with Crippen LogP contribution in [0.1, 0.15) is 65.5 Å². The second-order valence-corrected chi connectivity index (χ2v) is 9.59. The Morgan fingerprint density at radius 1 is 1.34 bits per heavy atom. The maximum absolute atomic E-state index is 12.8. The highest BCUT2D eigenvalue weighted by Crippen LogP contribution is 2.43. The zero-order chi connectivity index (χ0) is 22.0. The first-order valence-electron chi connectivity index (χ1n) is 10.00. The Labute approximate surface area is 178 Å². The van der Waals surface area contributed by atoms with Crippen molar-refractivity contribution in [2.45, 2.75) is 72.0 Å². The number of carboxylic acids is 1. The molecule has 0 saturated heterocycles. The summed E-state index contributed by atoms with van der Waals surface area (Å²) in [5.41, 5.74) is 2.24. The van der Waals surface area contributed by atoms with Gasteiger partial charge in [-0.1, -0.05) is 44.5 Å². The van der Waals surface area contributed by atoms with Crippen molar-refractivity contribution in [1.29, 1.82) is 0 Å². The molecule has 29 heavy (non-hydrogen) atoms. The van der Waals surface area contributed by atoms with E-state index in [-0.39, 0.29) is 36.8 Å². The highest BCUT2D eigenvalue weighted by Gasteiger charge is 2.40. The molecule has 0 bridgehead atoms. The van der Waals surface area contributed by atoms with E-state index in [9.17, 15) is 9.59 Å². The molecule has 1 aromatic rings. The van der Waals surface area contributed by atoms with E-state index in [1.54, 1.807) is 4.90 Å². The lowest BCUT2D eigenvalue weighted by molar-refractivity contribution is -0.138. The second kappa shape index (κ2) is 8.88. The summed E-state index contributed by atoms with van der Waals surface area (Å²) in [5.74, 6) is -0.789. The Hall–Kier alpha value is -1.85. The topological polar surface area (TPSA) is 66.8 Å². The standard InChI is InChI=1S/C23H32ClNO4/c1-15(2)18-13-25(10-9-21(27)28)20(26)12-23(18,6)17-8-7-16(19(24)11-17)14-29-22(3,4)5/h7-8,11,13,15H,9-10,12,14H2,1-6H3,(H,27,28)/t23-/m0/s1. The van der Waals surface area contributed by atoms with Crippen molar-refractivity contribution < 1.29 is 19.4 Å². The molecule has 0 aromatic heterocycles. The molecule has 0 unspecified atom stereocenters. The molecule has 1 heterocycles. The first kappa shape index (κ1) is 23.4. The summed E-state index contributed by atoms with van der Waals surface area (Å²) in [5, 5.41) is 9.58. The van der Waals surface area contributed by atoms with E-state index < -0.39 is 11.4 Å². The third-order valence-corrected chi connectivity index (χ3v) is 5.65. The number of hydrogen-bond donors (Lipinski definition) is 1. The first-order chi connectivity index (χ1) is 13.3. The normalized spacial score (nSPS) is 20.2. The fraction of sp³-hybridized carbons (Fsp3) is 0.565. The predicted octanol–water partition coefficient (Wildman–Crippen LogP) is 5.16. The Kier molecular flexibility index (Phi) is 7.18. The van der Waals surface area contributed by atoms with Crippen LogP contribution in [0.5, 0.6) is 0 Å². The fourth-order valence-electron chi connectivity index (χ4n) is 3.65. The average Bonchev–Trinajstić information content (AvgIpc) is 2.58. The molecular formula is C23H32ClNO4. The zero-order valence-electron chi connectivity index (χ0n) is 18.2. The maximum Gasteiger partial charge on any atom is 0.305 e. The van der Waals surface area contributed by atoms with Crippen molar-refractivity contribution in [2.75, 3.05) is 6.54 Å². The van der Waals surface area contributed by atoms with Crippen molar-refractivity contribution in [1.82, 2.24) is 4.90 Å². The van der Waals surface area contributed by atoms with Crippen LogP contribution in [0.2, 0.25) is 5.02 Å². The molecule has 6 heteroatoms. The Balaban J connectivity index is 2.36. The number of aliphatic carboxylic acids is 1. The average molecular weight is 422 g/mol. The van der Waals surface area contributed by atoms with Crippen LogP contribution >= 0.6 is 11.6 Å². The van der Waals surface area contributed by atoms with E-state index >= 15 is 0 Å². The predicted molar refractivity (Wildman–Crippen MR) is 115 cm³/mol. The molecule has 1 amide bonds. The van der Waals surface area contributed by atoms with Crippen LogP contribution in [0.4, 0.5) is 0 Å². The number of amides is 1. The molecule has 1 aliphatic heterocycles. The van der Waals surface area contributed by atoms with Gasteiger partial charge >= 0.3 is 5.97 Å². The summed E-state index contributed by atoms with van der Waals surface area (Å²) in [6, 6.07) is 5.91. The fourth-order valence-corrected chi connectivity index (χ4v) is 3.89. The number of allylic oxidation sites excluding steroid dienone is 1. The molecule has 0 saturated carbocycles. The monoisotopic (exact) mass is 421 g/mol. The first-order valence-corrected chi connectivity index (χ1v) is 10.4. The van der Waals surface area contributed by atoms with Gasteiger partial charge in [0.15, 0.2) is 0 Å². The second-order valence-electron chi connectivity index (χ2n) is 9.19. The molecule has 1 N–H and O–H groups in total. The van der Waals surface area contributed by atoms with Crippen molar-refractivity contribution >= 4 is 23.5 Å². The molecule has 1 aromatic carbocycles. The lowest BCUT2D eigenvalue weighted by atomic mass is 9.68. The van der Waals surface area contributed by atoms with Gasteiger partial charge in [0.2, 0.25) is 5.91 Å². The van der Waals surface area contributed by atoms with E-state index in [1.807, 2.05) is 45.2 Å². The van der Waals surface area contributed by atoms with Crippen LogP contribution in [0.25, 0.3) is 0 Å². The number of ether oxygens (including phenoxy) is 1. The number of nitrogens with zero attached hydrogens (tertiary/aromatic N) is 1. The molecule has 0 aliphatic carbocycles. The van der Waals surface area contributed by atoms with Gasteiger partial charge in [0.25, 0.3) is 0 Å². The molecule has 1 atom stereocenters. The summed E-state index contributed by atoms with van der Waals surface area (Å²) in [6.45, 7) is 12.8. The minimum Gasteiger partial charge on any atom is -0.481 e. The van der Waals surface area contributed by atoms with Crippen LogP contribution < -0.4 is 0 Å². The van der Waals surface area contributed by atoms with Gasteiger partial charge in [-0.25, -0.2) is 0 Å². The van der Waals surface area contributed by atoms with Gasteiger partial charge in [0.05, 0.1) is 18.6 Å². The molecular weight excluding hydrogens is 390 g/mol. The lowest BCUT2D eigenvalue weighted by Gasteiger charge is -2.41. The number of carbonyl (C=O) groups excluding carboxylic acids is 1. The van der Waals surface area contributed by atoms with Crippen LogP contribution in [0.15, 0.2) is 30.0 Å². The van der Waals surface area contributed by atoms with E-state index in [4.69, 9.17) is 21.4 Å². The summed E-state index contributed by atoms with van der Waals surface area (Å²) in [4.78, 5) is 25.2. The van der Waals surface area contributed by atoms with Gasteiger partial charge in [-0.2, -0.15) is 0 Å². The molecule has 0 spiro atoms. The van der Waals surface area contributed by atoms with Gasteiger partial charge in [-0.3, -0.25) is 9.59 Å². The molecule has 1 aliphatic rings. The van der Waals surface area contributed by atoms with Crippen LogP contribution in [-0.4, -0.2) is 34.0 Å². The zero-order valence-corrected chi connectivity index (χ0v) is 19.0. The highest BCUT2D eigenvalue weighted by atomic mass is 35.5. The largest absolute Gasteiger partial charge is 0.481 e. The van der Waals surface area contributed by atoms with E-state index in [2.05, 4.69) is 20.8 Å². The summed E-state index contributed by atoms with van der Waals surface area (Å²) in [7, 11) is 0. The lowest BCUT2D eigenvalue weighted by Crippen LogP contribution is -2.42. The number of hydrogen-bond acceptors (Lipinski definition) is 3. The molecule has 2 rings (SSSR count). The summed E-state index contributed by atoms with van der Waals surface area (Å²) < 4.78 is 5.84. The van der Waals surface area contributed by atoms with Crippen molar-refractivity contribution in [3.8, 4) is 0 Å². The number of carboxylic acid groups (broad SMARTS) is 1. The van der Waals surface area contributed by atoms with Crippen molar-refractivity contribution in [3.05, 3.63) is 46.1 Å².